The van der Waals surface area contributed by atoms with Gasteiger partial charge in [-0.2, -0.15) is 0 Å². The SMILES string of the molecule is CCc1cnc(N2CCC(COc3ccc(C4=CCNC(S(C)(=O)=O)C4)nc3)CC2)nc1. The third-order valence-electron chi connectivity index (χ3n) is 6.16. The summed E-state index contributed by atoms with van der Waals surface area (Å²) in [6.45, 7) is 5.15. The van der Waals surface area contributed by atoms with Crippen LogP contribution in [-0.4, -0.2) is 61.2 Å². The van der Waals surface area contributed by atoms with E-state index in [1.54, 1.807) is 6.20 Å². The Hall–Kier alpha value is -2.52. The van der Waals surface area contributed by atoms with E-state index in [-0.39, 0.29) is 0 Å². The van der Waals surface area contributed by atoms with E-state index in [0.29, 0.717) is 25.5 Å². The van der Waals surface area contributed by atoms with Gasteiger partial charge in [0, 0.05) is 44.7 Å². The quantitative estimate of drug-likeness (QED) is 0.677. The summed E-state index contributed by atoms with van der Waals surface area (Å²) < 4.78 is 29.7. The van der Waals surface area contributed by atoms with Crippen LogP contribution in [0.3, 0.4) is 0 Å². The Morgan fingerprint density at radius 1 is 1.12 bits per heavy atom. The average molecular weight is 458 g/mol. The number of aryl methyl sites for hydroxylation is 1. The summed E-state index contributed by atoms with van der Waals surface area (Å²) in [4.78, 5) is 15.7. The molecule has 2 aromatic rings. The van der Waals surface area contributed by atoms with E-state index in [9.17, 15) is 8.42 Å². The van der Waals surface area contributed by atoms with Crippen LogP contribution in [0.25, 0.3) is 5.57 Å². The van der Waals surface area contributed by atoms with E-state index in [1.165, 1.54) is 6.26 Å². The second-order valence-corrected chi connectivity index (χ2v) is 10.8. The zero-order valence-corrected chi connectivity index (χ0v) is 19.5. The number of ether oxygens (including phenoxy) is 1. The summed E-state index contributed by atoms with van der Waals surface area (Å²) in [5.41, 5.74) is 2.91. The molecule has 172 valence electrons. The van der Waals surface area contributed by atoms with Crippen LogP contribution in [0.4, 0.5) is 5.95 Å². The van der Waals surface area contributed by atoms with Crippen molar-refractivity contribution in [3.8, 4) is 5.75 Å². The Morgan fingerprint density at radius 2 is 1.88 bits per heavy atom. The summed E-state index contributed by atoms with van der Waals surface area (Å²) in [5.74, 6) is 2.04. The lowest BCUT2D eigenvalue weighted by atomic mass is 9.98. The number of sulfone groups is 1. The minimum atomic E-state index is -3.14. The first-order valence-corrected chi connectivity index (χ1v) is 13.1. The number of hydrogen-bond donors (Lipinski definition) is 1. The van der Waals surface area contributed by atoms with Crippen LogP contribution in [0.15, 0.2) is 36.8 Å². The van der Waals surface area contributed by atoms with Gasteiger partial charge in [-0.05, 0) is 48.4 Å². The fourth-order valence-corrected chi connectivity index (χ4v) is 4.93. The molecule has 9 heteroatoms. The molecule has 1 N–H and O–H groups in total. The number of nitrogens with zero attached hydrogens (tertiary/aromatic N) is 4. The summed E-state index contributed by atoms with van der Waals surface area (Å²) in [5, 5.41) is 2.46. The van der Waals surface area contributed by atoms with E-state index in [4.69, 9.17) is 4.74 Å². The van der Waals surface area contributed by atoms with Crippen LogP contribution < -0.4 is 15.0 Å². The van der Waals surface area contributed by atoms with Gasteiger partial charge in [-0.15, -0.1) is 0 Å². The van der Waals surface area contributed by atoms with Crippen LogP contribution in [0.2, 0.25) is 0 Å². The minimum Gasteiger partial charge on any atom is -0.492 e. The Bertz CT molecular complexity index is 1030. The van der Waals surface area contributed by atoms with E-state index in [0.717, 1.165) is 60.9 Å². The van der Waals surface area contributed by atoms with Gasteiger partial charge in [-0.1, -0.05) is 13.0 Å². The molecule has 0 aliphatic carbocycles. The highest BCUT2D eigenvalue weighted by molar-refractivity contribution is 7.91. The molecule has 0 spiro atoms. The molecule has 0 amide bonds. The van der Waals surface area contributed by atoms with Crippen LogP contribution in [-0.2, 0) is 16.3 Å². The maximum atomic E-state index is 11.8. The van der Waals surface area contributed by atoms with E-state index < -0.39 is 15.2 Å². The molecule has 2 aliphatic rings. The number of nitrogens with one attached hydrogen (secondary N) is 1. The number of pyridine rings is 1. The number of hydrogen-bond acceptors (Lipinski definition) is 8. The smallest absolute Gasteiger partial charge is 0.225 e. The van der Waals surface area contributed by atoms with Crippen molar-refractivity contribution >= 4 is 21.4 Å². The molecule has 1 atom stereocenters. The summed E-state index contributed by atoms with van der Waals surface area (Å²) in [6, 6.07) is 3.82. The summed E-state index contributed by atoms with van der Waals surface area (Å²) >= 11 is 0. The molecule has 32 heavy (non-hydrogen) atoms. The molecule has 8 nitrogen and oxygen atoms in total. The summed E-state index contributed by atoms with van der Waals surface area (Å²) in [6.07, 6.45) is 12.3. The monoisotopic (exact) mass is 457 g/mol. The molecule has 1 unspecified atom stereocenters. The van der Waals surface area contributed by atoms with Gasteiger partial charge in [-0.25, -0.2) is 18.4 Å². The highest BCUT2D eigenvalue weighted by Crippen LogP contribution is 2.25. The van der Waals surface area contributed by atoms with Crippen LogP contribution in [0.5, 0.6) is 5.75 Å². The Balaban J connectivity index is 1.26. The van der Waals surface area contributed by atoms with E-state index >= 15 is 0 Å². The van der Waals surface area contributed by atoms with Crippen LogP contribution >= 0.6 is 0 Å². The van der Waals surface area contributed by atoms with Crippen molar-refractivity contribution in [3.05, 3.63) is 48.1 Å². The molecular formula is C23H31N5O3S. The molecule has 1 fully saturated rings. The number of piperidine rings is 1. The Labute approximate surface area is 190 Å². The van der Waals surface area contributed by atoms with Gasteiger partial charge in [0.1, 0.15) is 11.1 Å². The number of anilines is 1. The van der Waals surface area contributed by atoms with Crippen molar-refractivity contribution in [2.24, 2.45) is 5.92 Å². The maximum absolute atomic E-state index is 11.8. The Morgan fingerprint density at radius 3 is 2.50 bits per heavy atom. The highest BCUT2D eigenvalue weighted by atomic mass is 32.2. The lowest BCUT2D eigenvalue weighted by molar-refractivity contribution is 0.222. The van der Waals surface area contributed by atoms with Crippen LogP contribution in [0.1, 0.15) is 37.4 Å². The predicted octanol–water partition coefficient (Wildman–Crippen LogP) is 2.48. The van der Waals surface area contributed by atoms with Crippen molar-refractivity contribution in [2.45, 2.75) is 38.0 Å². The predicted molar refractivity (Wildman–Crippen MR) is 125 cm³/mol. The van der Waals surface area contributed by atoms with Crippen LogP contribution in [0, 0.1) is 5.92 Å². The first-order chi connectivity index (χ1) is 15.4. The van der Waals surface area contributed by atoms with Crippen molar-refractivity contribution in [1.29, 1.82) is 0 Å². The fraction of sp³-hybridized carbons (Fsp3) is 0.522. The molecule has 0 bridgehead atoms. The highest BCUT2D eigenvalue weighted by Gasteiger charge is 2.25. The molecule has 4 heterocycles. The van der Waals surface area contributed by atoms with Gasteiger partial charge in [0.05, 0.1) is 18.5 Å². The maximum Gasteiger partial charge on any atom is 0.225 e. The molecule has 0 saturated carbocycles. The average Bonchev–Trinajstić information content (AvgIpc) is 2.83. The van der Waals surface area contributed by atoms with Gasteiger partial charge in [0.2, 0.25) is 5.95 Å². The first-order valence-electron chi connectivity index (χ1n) is 11.2. The van der Waals surface area contributed by atoms with E-state index in [1.807, 2.05) is 30.6 Å². The van der Waals surface area contributed by atoms with Gasteiger partial charge < -0.3 is 9.64 Å². The lowest BCUT2D eigenvalue weighted by Gasteiger charge is -2.31. The molecule has 0 aromatic carbocycles. The van der Waals surface area contributed by atoms with Crippen molar-refractivity contribution in [3.63, 3.8) is 0 Å². The molecular weight excluding hydrogens is 426 g/mol. The zero-order valence-electron chi connectivity index (χ0n) is 18.7. The third-order valence-corrected chi connectivity index (χ3v) is 7.53. The number of rotatable bonds is 7. The van der Waals surface area contributed by atoms with Crippen molar-refractivity contribution in [2.75, 3.05) is 37.4 Å². The standard InChI is InChI=1S/C23H31N5O3S/c1-3-17-13-26-23(27-14-17)28-10-7-18(8-11-28)16-31-20-4-5-21(25-15-20)19-6-9-24-22(12-19)32(2,29)30/h4-6,13-15,18,22,24H,3,7-12,16H2,1-2H3. The number of aromatic nitrogens is 3. The van der Waals surface area contributed by atoms with Crippen molar-refractivity contribution in [1.82, 2.24) is 20.3 Å². The molecule has 2 aliphatic heterocycles. The third kappa shape index (κ3) is 5.63. The molecule has 0 radical (unpaired) electrons. The Kier molecular flexibility index (Phi) is 7.05. The first kappa shape index (κ1) is 22.7. The van der Waals surface area contributed by atoms with E-state index in [2.05, 4.69) is 32.1 Å². The zero-order chi connectivity index (χ0) is 22.6. The molecule has 4 rings (SSSR count). The fourth-order valence-electron chi connectivity index (χ4n) is 4.04. The van der Waals surface area contributed by atoms with Gasteiger partial charge in [0.25, 0.3) is 0 Å². The normalized spacial score (nSPS) is 20.1. The topological polar surface area (TPSA) is 97.3 Å². The minimum absolute atomic E-state index is 0.426. The van der Waals surface area contributed by atoms with Gasteiger partial charge >= 0.3 is 0 Å². The van der Waals surface area contributed by atoms with Crippen molar-refractivity contribution < 1.29 is 13.2 Å². The lowest BCUT2D eigenvalue weighted by Crippen LogP contribution is -2.39. The molecule has 2 aromatic heterocycles. The molecule has 1 saturated heterocycles. The van der Waals surface area contributed by atoms with Gasteiger partial charge in [-0.3, -0.25) is 10.3 Å². The van der Waals surface area contributed by atoms with Gasteiger partial charge in [0.15, 0.2) is 9.84 Å². The second kappa shape index (κ2) is 9.95. The largest absolute Gasteiger partial charge is 0.492 e. The summed E-state index contributed by atoms with van der Waals surface area (Å²) in [7, 11) is -3.14. The second-order valence-electron chi connectivity index (χ2n) is 8.53.